The minimum absolute atomic E-state index is 0.171. The number of ether oxygens (including phenoxy) is 1. The molecule has 3 fully saturated rings. The van der Waals surface area contributed by atoms with Crippen LogP contribution in [-0.2, 0) is 19.1 Å². The van der Waals surface area contributed by atoms with Gasteiger partial charge in [-0.15, -0.1) is 6.58 Å². The zero-order valence-electron chi connectivity index (χ0n) is 19.6. The number of carbonyl (C=O) groups is 3. The molecule has 3 aliphatic heterocycles. The fourth-order valence-corrected chi connectivity index (χ4v) is 6.49. The number of rotatable bonds is 8. The van der Waals surface area contributed by atoms with Gasteiger partial charge in [0.15, 0.2) is 0 Å². The van der Waals surface area contributed by atoms with E-state index < -0.39 is 52.9 Å². The van der Waals surface area contributed by atoms with Crippen LogP contribution >= 0.6 is 11.6 Å². The molecule has 7 atom stereocenters. The van der Waals surface area contributed by atoms with Gasteiger partial charge in [0.05, 0.1) is 24.2 Å². The van der Waals surface area contributed by atoms with Gasteiger partial charge < -0.3 is 24.7 Å². The molecule has 0 radical (unpaired) electrons. The molecule has 0 aromatic heterocycles. The van der Waals surface area contributed by atoms with Gasteiger partial charge >= 0.3 is 5.97 Å². The molecule has 9 heteroatoms. The number of carbonyl (C=O) groups excluding carboxylic acids is 2. The average Bonchev–Trinajstić information content (AvgIpc) is 3.31. The third kappa shape index (κ3) is 3.30. The smallest absolute Gasteiger partial charge is 0.310 e. The predicted molar refractivity (Wildman–Crippen MR) is 126 cm³/mol. The maximum absolute atomic E-state index is 14.3. The fraction of sp³-hybridized carbons (Fsp3) is 0.560. The van der Waals surface area contributed by atoms with Crippen molar-refractivity contribution < 1.29 is 29.3 Å². The number of halogens is 1. The maximum atomic E-state index is 14.3. The van der Waals surface area contributed by atoms with E-state index in [4.69, 9.17) is 16.3 Å². The highest BCUT2D eigenvalue weighted by atomic mass is 35.5. The minimum Gasteiger partial charge on any atom is -0.481 e. The van der Waals surface area contributed by atoms with Crippen molar-refractivity contribution in [2.75, 3.05) is 18.1 Å². The second-order valence-electron chi connectivity index (χ2n) is 9.75. The van der Waals surface area contributed by atoms with Crippen molar-refractivity contribution in [1.82, 2.24) is 4.90 Å². The molecule has 184 valence electrons. The van der Waals surface area contributed by atoms with Gasteiger partial charge in [-0.2, -0.15) is 0 Å². The third-order valence-corrected chi connectivity index (χ3v) is 8.30. The summed E-state index contributed by atoms with van der Waals surface area (Å²) in [6.07, 6.45) is 2.37. The molecular weight excluding hydrogens is 460 g/mol. The Morgan fingerprint density at radius 1 is 1.38 bits per heavy atom. The Kier molecular flexibility index (Phi) is 6.29. The van der Waals surface area contributed by atoms with Crippen LogP contribution in [0, 0.1) is 17.8 Å². The molecule has 2 amide bonds. The van der Waals surface area contributed by atoms with Crippen molar-refractivity contribution in [1.29, 1.82) is 0 Å². The van der Waals surface area contributed by atoms with Crippen molar-refractivity contribution in [3.63, 3.8) is 0 Å². The number of aliphatic hydroxyl groups is 1. The number of carboxylic acid groups (broad SMARTS) is 1. The molecule has 0 aliphatic carbocycles. The summed E-state index contributed by atoms with van der Waals surface area (Å²) in [7, 11) is 0. The van der Waals surface area contributed by atoms with E-state index in [0.29, 0.717) is 23.6 Å². The van der Waals surface area contributed by atoms with Crippen LogP contribution in [0.1, 0.15) is 33.6 Å². The summed E-state index contributed by atoms with van der Waals surface area (Å²) in [6.45, 7) is 9.05. The number of nitrogens with zero attached hydrogens (tertiary/aromatic N) is 2. The van der Waals surface area contributed by atoms with Gasteiger partial charge in [-0.3, -0.25) is 14.4 Å². The third-order valence-electron chi connectivity index (χ3n) is 8.04. The van der Waals surface area contributed by atoms with Crippen LogP contribution < -0.4 is 4.90 Å². The molecule has 3 unspecified atom stereocenters. The lowest BCUT2D eigenvalue weighted by atomic mass is 9.62. The van der Waals surface area contributed by atoms with E-state index in [0.717, 1.165) is 0 Å². The van der Waals surface area contributed by atoms with E-state index >= 15 is 0 Å². The number of aliphatic carboxylic acids is 1. The molecular formula is C25H31ClN2O6. The van der Waals surface area contributed by atoms with E-state index in [1.165, 1.54) is 9.80 Å². The first kappa shape index (κ1) is 24.7. The number of carboxylic acids is 1. The quantitative estimate of drug-likeness (QED) is 0.542. The standard InChI is InChI=1S/C25H31ClN2O6/c1-5-11-27(17-9-7-15(26)8-10-17)22(31)20-25-12-14(3)24(4,34-25)19(23(32)33)18(25)21(30)28(20)16(6-2)13-29/h5,7-10,14,16,18-20,29H,1,6,11-13H2,2-4H3,(H,32,33)/t14?,16-,18-,19+,20?,24-,25?/m0/s1. The maximum Gasteiger partial charge on any atom is 0.310 e. The van der Waals surface area contributed by atoms with Crippen LogP contribution in [0.5, 0.6) is 0 Å². The summed E-state index contributed by atoms with van der Waals surface area (Å²) >= 11 is 6.04. The van der Waals surface area contributed by atoms with Crippen molar-refractivity contribution in [2.45, 2.75) is 56.9 Å². The zero-order valence-corrected chi connectivity index (χ0v) is 20.4. The van der Waals surface area contributed by atoms with E-state index in [1.54, 1.807) is 37.3 Å². The molecule has 34 heavy (non-hydrogen) atoms. The van der Waals surface area contributed by atoms with Gasteiger partial charge in [0.2, 0.25) is 5.91 Å². The van der Waals surface area contributed by atoms with Gasteiger partial charge in [-0.05, 0) is 49.9 Å². The molecule has 3 heterocycles. The van der Waals surface area contributed by atoms with Crippen LogP contribution in [0.4, 0.5) is 5.69 Å². The first-order valence-corrected chi connectivity index (χ1v) is 12.0. The Bertz CT molecular complexity index is 1010. The highest BCUT2D eigenvalue weighted by Gasteiger charge is 2.80. The number of fused-ring (bicyclic) bond motifs is 1. The second-order valence-corrected chi connectivity index (χ2v) is 10.2. The van der Waals surface area contributed by atoms with Crippen molar-refractivity contribution in [3.8, 4) is 0 Å². The fourth-order valence-electron chi connectivity index (χ4n) is 6.36. The number of anilines is 1. The van der Waals surface area contributed by atoms with E-state index in [1.807, 2.05) is 13.8 Å². The van der Waals surface area contributed by atoms with Crippen molar-refractivity contribution >= 4 is 35.1 Å². The molecule has 1 aromatic carbocycles. The monoisotopic (exact) mass is 490 g/mol. The van der Waals surface area contributed by atoms with Crippen molar-refractivity contribution in [2.24, 2.45) is 17.8 Å². The molecule has 3 saturated heterocycles. The number of hydrogen-bond acceptors (Lipinski definition) is 5. The number of aliphatic hydroxyl groups excluding tert-OH is 1. The first-order chi connectivity index (χ1) is 16.1. The van der Waals surface area contributed by atoms with Gasteiger partial charge in [0, 0.05) is 17.3 Å². The summed E-state index contributed by atoms with van der Waals surface area (Å²) in [4.78, 5) is 43.4. The Hall–Kier alpha value is -2.42. The molecule has 2 bridgehead atoms. The molecule has 2 N–H and O–H groups in total. The predicted octanol–water partition coefficient (Wildman–Crippen LogP) is 2.73. The summed E-state index contributed by atoms with van der Waals surface area (Å²) < 4.78 is 6.49. The van der Waals surface area contributed by atoms with Gasteiger partial charge in [0.25, 0.3) is 5.91 Å². The van der Waals surface area contributed by atoms with Crippen LogP contribution in [0.3, 0.4) is 0 Å². The normalized spacial score (nSPS) is 34.7. The lowest BCUT2D eigenvalue weighted by Gasteiger charge is -2.39. The lowest BCUT2D eigenvalue weighted by Crippen LogP contribution is -2.59. The van der Waals surface area contributed by atoms with E-state index in [2.05, 4.69) is 6.58 Å². The van der Waals surface area contributed by atoms with Gasteiger partial charge in [0.1, 0.15) is 17.6 Å². The van der Waals surface area contributed by atoms with Gasteiger partial charge in [-0.25, -0.2) is 0 Å². The molecule has 3 aliphatic rings. The van der Waals surface area contributed by atoms with Crippen LogP contribution in [0.25, 0.3) is 0 Å². The molecule has 4 rings (SSSR count). The van der Waals surface area contributed by atoms with E-state index in [-0.39, 0.29) is 19.1 Å². The number of likely N-dealkylation sites (tertiary alicyclic amines) is 1. The van der Waals surface area contributed by atoms with E-state index in [9.17, 15) is 24.6 Å². The summed E-state index contributed by atoms with van der Waals surface area (Å²) in [5, 5.41) is 20.7. The Balaban J connectivity index is 1.87. The zero-order chi connectivity index (χ0) is 25.0. The summed E-state index contributed by atoms with van der Waals surface area (Å²) in [5.74, 6) is -4.21. The molecule has 1 aromatic rings. The molecule has 8 nitrogen and oxygen atoms in total. The average molecular weight is 491 g/mol. The highest BCUT2D eigenvalue weighted by molar-refractivity contribution is 6.30. The molecule has 1 spiro atoms. The Labute approximate surface area is 204 Å². The SMILES string of the molecule is C=CCN(C(=O)C1N([C@@H](CC)CO)C(=O)[C@@H]2[C@H](C(=O)O)[C@@]3(C)OC12CC3C)c1ccc(Cl)cc1. The first-order valence-electron chi connectivity index (χ1n) is 11.6. The topological polar surface area (TPSA) is 107 Å². The van der Waals surface area contributed by atoms with Gasteiger partial charge in [-0.1, -0.05) is 31.5 Å². The summed E-state index contributed by atoms with van der Waals surface area (Å²) in [5.41, 5.74) is -1.79. The Morgan fingerprint density at radius 3 is 2.56 bits per heavy atom. The van der Waals surface area contributed by atoms with Crippen LogP contribution in [-0.4, -0.2) is 69.3 Å². The number of hydrogen-bond donors (Lipinski definition) is 2. The number of benzene rings is 1. The summed E-state index contributed by atoms with van der Waals surface area (Å²) in [6, 6.07) is 5.04. The number of amides is 2. The van der Waals surface area contributed by atoms with Crippen LogP contribution in [0.15, 0.2) is 36.9 Å². The van der Waals surface area contributed by atoms with Crippen LogP contribution in [0.2, 0.25) is 5.02 Å². The lowest BCUT2D eigenvalue weighted by molar-refractivity contribution is -0.157. The second kappa shape index (κ2) is 8.66. The Morgan fingerprint density at radius 2 is 2.03 bits per heavy atom. The highest BCUT2D eigenvalue weighted by Crippen LogP contribution is 2.65. The minimum atomic E-state index is -1.29. The molecule has 0 saturated carbocycles. The largest absolute Gasteiger partial charge is 0.481 e. The van der Waals surface area contributed by atoms with Crippen molar-refractivity contribution in [3.05, 3.63) is 41.9 Å².